The number of esters is 1. The molecule has 2 rings (SSSR count). The van der Waals surface area contributed by atoms with Gasteiger partial charge in [0.15, 0.2) is 0 Å². The Morgan fingerprint density at radius 2 is 1.33 bits per heavy atom. The second-order valence-corrected chi connectivity index (χ2v) is 6.99. The third-order valence-corrected chi connectivity index (χ3v) is 4.62. The molecule has 0 radical (unpaired) electrons. The first-order chi connectivity index (χ1) is 14.0. The Morgan fingerprint density at radius 3 is 1.77 bits per heavy atom. The van der Waals surface area contributed by atoms with Crippen LogP contribution in [-0.4, -0.2) is 30.9 Å². The third kappa shape index (κ3) is 6.22. The van der Waals surface area contributed by atoms with Gasteiger partial charge in [0.25, 0.3) is 5.91 Å². The van der Waals surface area contributed by atoms with Crippen molar-refractivity contribution in [1.82, 2.24) is 0 Å². The number of nitrogens with one attached hydrogen (secondary N) is 1. The van der Waals surface area contributed by atoms with Crippen LogP contribution in [0, 0.1) is 34.6 Å². The van der Waals surface area contributed by atoms with E-state index in [-0.39, 0.29) is 12.6 Å². The molecule has 0 saturated carbocycles. The number of ketones is 1. The van der Waals surface area contributed by atoms with E-state index in [0.717, 1.165) is 33.4 Å². The number of methoxy groups -OCH3 is 1. The molecule has 0 bridgehead atoms. The minimum atomic E-state index is -0.638. The van der Waals surface area contributed by atoms with Gasteiger partial charge in [-0.25, -0.2) is 4.79 Å². The molecule has 30 heavy (non-hydrogen) atoms. The molecule has 0 heterocycles. The van der Waals surface area contributed by atoms with Crippen LogP contribution in [0.1, 0.15) is 43.7 Å². The summed E-state index contributed by atoms with van der Waals surface area (Å²) in [5, 5.41) is 2.74. The summed E-state index contributed by atoms with van der Waals surface area (Å²) < 4.78 is 4.73. The van der Waals surface area contributed by atoms with Crippen LogP contribution in [0.5, 0.6) is 0 Å². The number of carbonyl (C=O) groups is 3. The summed E-state index contributed by atoms with van der Waals surface area (Å²) in [7, 11) is 1.32. The van der Waals surface area contributed by atoms with E-state index in [2.05, 4.69) is 5.32 Å². The lowest BCUT2D eigenvalue weighted by Gasteiger charge is -2.14. The zero-order chi connectivity index (χ0) is 23.0. The van der Waals surface area contributed by atoms with Gasteiger partial charge in [0.1, 0.15) is 0 Å². The Hall–Kier alpha value is -3.57. The standard InChI is InChI=1S/C22H25NO4.CO2/c1-12-7-15(4)20(16(5)8-12)23-21(25)19(24)11-18-13(2)9-17(10-14(18)3)22(26)27-6;2-1-3/h7-10H,11H2,1-6H3,(H,23,25);. The lowest BCUT2D eigenvalue weighted by atomic mass is 9.95. The van der Waals surface area contributed by atoms with Crippen molar-refractivity contribution >= 4 is 29.5 Å². The monoisotopic (exact) mass is 411 g/mol. The molecule has 0 aliphatic carbocycles. The van der Waals surface area contributed by atoms with Gasteiger partial charge in [0.05, 0.1) is 12.7 Å². The lowest BCUT2D eigenvalue weighted by molar-refractivity contribution is -0.191. The maximum atomic E-state index is 12.5. The molecular weight excluding hydrogens is 386 g/mol. The molecule has 0 atom stereocenters. The number of amides is 1. The first kappa shape index (κ1) is 24.5. The van der Waals surface area contributed by atoms with E-state index in [9.17, 15) is 14.4 Å². The zero-order valence-corrected chi connectivity index (χ0v) is 18.0. The average molecular weight is 411 g/mol. The second kappa shape index (κ2) is 10.8. The Morgan fingerprint density at radius 1 is 0.867 bits per heavy atom. The summed E-state index contributed by atoms with van der Waals surface area (Å²) in [5.74, 6) is -1.59. The highest BCUT2D eigenvalue weighted by Crippen LogP contribution is 2.23. The molecule has 0 aliphatic heterocycles. The number of benzene rings is 2. The van der Waals surface area contributed by atoms with Gasteiger partial charge in [-0.2, -0.15) is 9.59 Å². The fourth-order valence-corrected chi connectivity index (χ4v) is 3.31. The van der Waals surface area contributed by atoms with Crippen molar-refractivity contribution in [3.63, 3.8) is 0 Å². The van der Waals surface area contributed by atoms with E-state index in [1.165, 1.54) is 7.11 Å². The highest BCUT2D eigenvalue weighted by Gasteiger charge is 2.20. The maximum Gasteiger partial charge on any atom is 0.373 e. The van der Waals surface area contributed by atoms with Crippen molar-refractivity contribution in [1.29, 1.82) is 0 Å². The molecule has 0 aliphatic rings. The SMILES string of the molecule is COC(=O)c1cc(C)c(CC(=O)C(=O)Nc2c(C)cc(C)cc2C)c(C)c1.O=C=O. The van der Waals surface area contributed by atoms with Crippen LogP contribution in [0.2, 0.25) is 0 Å². The Labute approximate surface area is 175 Å². The number of carbonyl (C=O) groups excluding carboxylic acids is 5. The Balaban J connectivity index is 0.00000141. The maximum absolute atomic E-state index is 12.5. The zero-order valence-electron chi connectivity index (χ0n) is 18.0. The quantitative estimate of drug-likeness (QED) is 0.598. The van der Waals surface area contributed by atoms with E-state index < -0.39 is 17.7 Å². The van der Waals surface area contributed by atoms with Crippen LogP contribution < -0.4 is 5.32 Å². The van der Waals surface area contributed by atoms with Crippen molar-refractivity contribution in [3.05, 3.63) is 63.2 Å². The summed E-state index contributed by atoms with van der Waals surface area (Å²) >= 11 is 0. The van der Waals surface area contributed by atoms with Gasteiger partial charge in [0, 0.05) is 12.1 Å². The predicted octanol–water partition coefficient (Wildman–Crippen LogP) is 3.18. The first-order valence-corrected chi connectivity index (χ1v) is 9.15. The van der Waals surface area contributed by atoms with Crippen molar-refractivity contribution in [2.75, 3.05) is 12.4 Å². The minimum Gasteiger partial charge on any atom is -0.465 e. The van der Waals surface area contributed by atoms with Gasteiger partial charge >= 0.3 is 12.1 Å². The molecule has 0 unspecified atom stereocenters. The summed E-state index contributed by atoms with van der Waals surface area (Å²) in [5.41, 5.74) is 6.35. The van der Waals surface area contributed by atoms with Crippen LogP contribution in [0.15, 0.2) is 24.3 Å². The molecule has 1 amide bonds. The lowest BCUT2D eigenvalue weighted by Crippen LogP contribution is -2.26. The summed E-state index contributed by atoms with van der Waals surface area (Å²) in [6.07, 6.45) is 0.231. The highest BCUT2D eigenvalue weighted by molar-refractivity contribution is 6.41. The molecule has 158 valence electrons. The molecule has 1 N–H and O–H groups in total. The molecule has 0 aromatic heterocycles. The Bertz CT molecular complexity index is 970. The molecular formula is C23H25NO6. The molecule has 2 aromatic rings. The van der Waals surface area contributed by atoms with Crippen LogP contribution >= 0.6 is 0 Å². The first-order valence-electron chi connectivity index (χ1n) is 9.15. The molecule has 0 fully saturated rings. The van der Waals surface area contributed by atoms with Crippen molar-refractivity contribution in [2.45, 2.75) is 41.0 Å². The summed E-state index contributed by atoms with van der Waals surface area (Å²) in [6.45, 7) is 9.42. The van der Waals surface area contributed by atoms with Crippen molar-refractivity contribution in [2.24, 2.45) is 0 Å². The number of aryl methyl sites for hydroxylation is 5. The van der Waals surface area contributed by atoms with Crippen LogP contribution in [-0.2, 0) is 30.3 Å². The van der Waals surface area contributed by atoms with Gasteiger partial charge in [-0.3, -0.25) is 9.59 Å². The summed E-state index contributed by atoms with van der Waals surface area (Å²) in [6, 6.07) is 7.28. The van der Waals surface area contributed by atoms with Crippen LogP contribution in [0.25, 0.3) is 0 Å². The number of ether oxygens (including phenoxy) is 1. The van der Waals surface area contributed by atoms with Crippen molar-refractivity contribution in [3.8, 4) is 0 Å². The smallest absolute Gasteiger partial charge is 0.373 e. The third-order valence-electron chi connectivity index (χ3n) is 4.62. The van der Waals surface area contributed by atoms with Gasteiger partial charge in [-0.1, -0.05) is 17.7 Å². The summed E-state index contributed by atoms with van der Waals surface area (Å²) in [4.78, 5) is 52.8. The van der Waals surface area contributed by atoms with E-state index >= 15 is 0 Å². The van der Waals surface area contributed by atoms with Gasteiger partial charge in [-0.15, -0.1) is 0 Å². The number of rotatable bonds is 5. The van der Waals surface area contributed by atoms with Crippen LogP contribution in [0.3, 0.4) is 0 Å². The molecule has 7 nitrogen and oxygen atoms in total. The number of Topliss-reactive ketones (excluding diaryl/α,β-unsaturated/α-hetero) is 1. The molecule has 0 saturated heterocycles. The van der Waals surface area contributed by atoms with Crippen molar-refractivity contribution < 1.29 is 28.7 Å². The predicted molar refractivity (Wildman–Crippen MR) is 110 cm³/mol. The van der Waals surface area contributed by atoms with E-state index in [4.69, 9.17) is 14.3 Å². The van der Waals surface area contributed by atoms with E-state index in [1.54, 1.807) is 12.1 Å². The van der Waals surface area contributed by atoms with Gasteiger partial charge in [0.2, 0.25) is 5.78 Å². The fourth-order valence-electron chi connectivity index (χ4n) is 3.31. The topological polar surface area (TPSA) is 107 Å². The number of hydrogen-bond donors (Lipinski definition) is 1. The van der Waals surface area contributed by atoms with E-state index in [0.29, 0.717) is 11.3 Å². The van der Waals surface area contributed by atoms with Crippen LogP contribution in [0.4, 0.5) is 5.69 Å². The second-order valence-electron chi connectivity index (χ2n) is 6.99. The van der Waals surface area contributed by atoms with Gasteiger partial charge < -0.3 is 10.1 Å². The Kier molecular flexibility index (Phi) is 8.84. The van der Waals surface area contributed by atoms with E-state index in [1.807, 2.05) is 46.8 Å². The molecule has 0 spiro atoms. The normalized spacial score (nSPS) is 9.67. The highest BCUT2D eigenvalue weighted by atomic mass is 16.5. The largest absolute Gasteiger partial charge is 0.465 e. The minimum absolute atomic E-state index is 0.0189. The number of anilines is 1. The average Bonchev–Trinajstić information content (AvgIpc) is 2.66. The molecule has 2 aromatic carbocycles. The van der Waals surface area contributed by atoms with Gasteiger partial charge in [-0.05, 0) is 74.6 Å². The molecule has 7 heteroatoms. The number of hydrogen-bond acceptors (Lipinski definition) is 6. The fraction of sp³-hybridized carbons (Fsp3) is 0.304.